The Labute approximate surface area is 110 Å². The molecule has 0 aromatic heterocycles. The van der Waals surface area contributed by atoms with Gasteiger partial charge in [0.15, 0.2) is 0 Å². The van der Waals surface area contributed by atoms with Crippen LogP contribution in [-0.2, 0) is 0 Å². The number of nitrogens with one attached hydrogen (secondary N) is 1. The van der Waals surface area contributed by atoms with E-state index < -0.39 is 0 Å². The summed E-state index contributed by atoms with van der Waals surface area (Å²) in [6.07, 6.45) is 1.98. The summed E-state index contributed by atoms with van der Waals surface area (Å²) in [6, 6.07) is 9.62. The van der Waals surface area contributed by atoms with Crippen molar-refractivity contribution in [1.82, 2.24) is 5.32 Å². The molecule has 3 heteroatoms. The fraction of sp³-hybridized carbons (Fsp3) is 0.600. The molecule has 0 saturated carbocycles. The normalized spacial score (nSPS) is 24.9. The molecule has 2 rings (SSSR count). The van der Waals surface area contributed by atoms with Crippen molar-refractivity contribution >= 4 is 5.69 Å². The van der Waals surface area contributed by atoms with Gasteiger partial charge in [-0.2, -0.15) is 0 Å². The summed E-state index contributed by atoms with van der Waals surface area (Å²) >= 11 is 0. The van der Waals surface area contributed by atoms with Crippen molar-refractivity contribution in [2.45, 2.75) is 38.8 Å². The maximum atomic E-state index is 9.12. The molecule has 1 aliphatic heterocycles. The van der Waals surface area contributed by atoms with Crippen molar-refractivity contribution in [2.75, 3.05) is 24.6 Å². The highest BCUT2D eigenvalue weighted by Crippen LogP contribution is 2.22. The Hall–Kier alpha value is -1.06. The summed E-state index contributed by atoms with van der Waals surface area (Å²) < 4.78 is 0. The Morgan fingerprint density at radius 1 is 1.44 bits per heavy atom. The van der Waals surface area contributed by atoms with E-state index in [2.05, 4.69) is 48.3 Å². The van der Waals surface area contributed by atoms with Crippen LogP contribution in [0.2, 0.25) is 0 Å². The minimum Gasteiger partial charge on any atom is -0.396 e. The van der Waals surface area contributed by atoms with Crippen LogP contribution in [0.1, 0.15) is 25.3 Å². The molecule has 3 nitrogen and oxygen atoms in total. The van der Waals surface area contributed by atoms with Gasteiger partial charge in [-0.1, -0.05) is 12.1 Å². The lowest BCUT2D eigenvalue weighted by Gasteiger charge is -2.31. The van der Waals surface area contributed by atoms with Gasteiger partial charge < -0.3 is 15.3 Å². The first-order chi connectivity index (χ1) is 8.70. The van der Waals surface area contributed by atoms with Crippen LogP contribution in [0, 0.1) is 6.92 Å². The van der Waals surface area contributed by atoms with Crippen molar-refractivity contribution < 1.29 is 5.11 Å². The Balaban J connectivity index is 2.16. The van der Waals surface area contributed by atoms with E-state index in [4.69, 9.17) is 5.11 Å². The molecule has 2 unspecified atom stereocenters. The van der Waals surface area contributed by atoms with Crippen LogP contribution in [0.4, 0.5) is 5.69 Å². The monoisotopic (exact) mass is 248 g/mol. The predicted molar refractivity (Wildman–Crippen MR) is 76.1 cm³/mol. The first-order valence-electron chi connectivity index (χ1n) is 6.88. The first kappa shape index (κ1) is 13.4. The molecule has 0 amide bonds. The fourth-order valence-corrected chi connectivity index (χ4v) is 2.65. The number of benzene rings is 1. The van der Waals surface area contributed by atoms with Gasteiger partial charge in [-0.25, -0.2) is 0 Å². The summed E-state index contributed by atoms with van der Waals surface area (Å²) in [7, 11) is 0. The van der Waals surface area contributed by atoms with Gasteiger partial charge in [0.05, 0.1) is 0 Å². The molecule has 0 spiro atoms. The number of rotatable bonds is 3. The zero-order valence-corrected chi connectivity index (χ0v) is 11.4. The van der Waals surface area contributed by atoms with E-state index in [1.807, 2.05) is 0 Å². The van der Waals surface area contributed by atoms with Crippen LogP contribution in [0.5, 0.6) is 0 Å². The Morgan fingerprint density at radius 3 is 3.00 bits per heavy atom. The summed E-state index contributed by atoms with van der Waals surface area (Å²) in [4.78, 5) is 2.47. The second kappa shape index (κ2) is 6.21. The Morgan fingerprint density at radius 2 is 2.28 bits per heavy atom. The quantitative estimate of drug-likeness (QED) is 0.858. The van der Waals surface area contributed by atoms with Gasteiger partial charge >= 0.3 is 0 Å². The average Bonchev–Trinajstić information content (AvgIpc) is 2.52. The third-order valence-electron chi connectivity index (χ3n) is 3.76. The molecule has 0 aliphatic carbocycles. The van der Waals surface area contributed by atoms with Gasteiger partial charge in [0.1, 0.15) is 0 Å². The van der Waals surface area contributed by atoms with Crippen LogP contribution in [0.15, 0.2) is 24.3 Å². The topological polar surface area (TPSA) is 35.5 Å². The van der Waals surface area contributed by atoms with Gasteiger partial charge in [0, 0.05) is 30.9 Å². The van der Waals surface area contributed by atoms with Gasteiger partial charge in [-0.05, 0) is 50.9 Å². The molecule has 1 aromatic rings. The lowest BCUT2D eigenvalue weighted by molar-refractivity contribution is 0.267. The highest BCUT2D eigenvalue weighted by atomic mass is 16.3. The fourth-order valence-electron chi connectivity index (χ4n) is 2.65. The Kier molecular flexibility index (Phi) is 4.61. The highest BCUT2D eigenvalue weighted by molar-refractivity contribution is 5.49. The number of hydrogen-bond donors (Lipinski definition) is 2. The molecule has 2 N–H and O–H groups in total. The van der Waals surface area contributed by atoms with E-state index in [1.54, 1.807) is 0 Å². The zero-order valence-electron chi connectivity index (χ0n) is 11.4. The van der Waals surface area contributed by atoms with Gasteiger partial charge in [0.2, 0.25) is 0 Å². The van der Waals surface area contributed by atoms with E-state index in [1.165, 1.54) is 11.3 Å². The molecule has 0 radical (unpaired) electrons. The standard InChI is InChI=1S/C15H24N2O/c1-12-4-3-5-15(10-12)17-11-14(7-9-18)16-8-6-13(17)2/h3-5,10,13-14,16,18H,6-9,11H2,1-2H3. The average molecular weight is 248 g/mol. The van der Waals surface area contributed by atoms with E-state index in [0.717, 1.165) is 25.9 Å². The summed E-state index contributed by atoms with van der Waals surface area (Å²) in [5, 5.41) is 12.6. The highest BCUT2D eigenvalue weighted by Gasteiger charge is 2.22. The minimum atomic E-state index is 0.258. The smallest absolute Gasteiger partial charge is 0.0446 e. The van der Waals surface area contributed by atoms with Crippen LogP contribution in [-0.4, -0.2) is 36.9 Å². The summed E-state index contributed by atoms with van der Waals surface area (Å²) in [5.74, 6) is 0. The molecular formula is C15H24N2O. The van der Waals surface area contributed by atoms with Gasteiger partial charge in [-0.3, -0.25) is 0 Å². The zero-order chi connectivity index (χ0) is 13.0. The van der Waals surface area contributed by atoms with Gasteiger partial charge in [0.25, 0.3) is 0 Å². The second-order valence-electron chi connectivity index (χ2n) is 5.29. The lowest BCUT2D eigenvalue weighted by Crippen LogP contribution is -2.40. The SMILES string of the molecule is Cc1cccc(N2CC(CCO)NCCC2C)c1. The third-order valence-corrected chi connectivity index (χ3v) is 3.76. The third kappa shape index (κ3) is 3.24. The van der Waals surface area contributed by atoms with Crippen molar-refractivity contribution in [2.24, 2.45) is 0 Å². The molecule has 18 heavy (non-hydrogen) atoms. The van der Waals surface area contributed by atoms with Crippen LogP contribution < -0.4 is 10.2 Å². The molecule has 1 saturated heterocycles. The van der Waals surface area contributed by atoms with Crippen LogP contribution in [0.3, 0.4) is 0 Å². The maximum absolute atomic E-state index is 9.12. The predicted octanol–water partition coefficient (Wildman–Crippen LogP) is 1.93. The van der Waals surface area contributed by atoms with E-state index in [-0.39, 0.29) is 6.61 Å². The molecule has 0 bridgehead atoms. The minimum absolute atomic E-state index is 0.258. The number of hydrogen-bond acceptors (Lipinski definition) is 3. The molecular weight excluding hydrogens is 224 g/mol. The van der Waals surface area contributed by atoms with Crippen molar-refractivity contribution in [1.29, 1.82) is 0 Å². The summed E-state index contributed by atoms with van der Waals surface area (Å²) in [6.45, 7) is 6.69. The van der Waals surface area contributed by atoms with E-state index >= 15 is 0 Å². The first-order valence-corrected chi connectivity index (χ1v) is 6.88. The molecule has 1 aromatic carbocycles. The number of aliphatic hydroxyl groups is 1. The maximum Gasteiger partial charge on any atom is 0.0446 e. The number of anilines is 1. The number of nitrogens with zero attached hydrogens (tertiary/aromatic N) is 1. The van der Waals surface area contributed by atoms with Gasteiger partial charge in [-0.15, -0.1) is 0 Å². The second-order valence-corrected chi connectivity index (χ2v) is 5.29. The van der Waals surface area contributed by atoms with Crippen LogP contribution >= 0.6 is 0 Å². The molecule has 1 heterocycles. The summed E-state index contributed by atoms with van der Waals surface area (Å²) in [5.41, 5.74) is 2.60. The molecule has 1 fully saturated rings. The van der Waals surface area contributed by atoms with E-state index in [9.17, 15) is 0 Å². The molecule has 2 atom stereocenters. The van der Waals surface area contributed by atoms with Crippen molar-refractivity contribution in [3.05, 3.63) is 29.8 Å². The van der Waals surface area contributed by atoms with Crippen molar-refractivity contribution in [3.8, 4) is 0 Å². The molecule has 1 aliphatic rings. The number of aliphatic hydroxyl groups excluding tert-OH is 1. The van der Waals surface area contributed by atoms with Crippen molar-refractivity contribution in [3.63, 3.8) is 0 Å². The molecule has 100 valence electrons. The Bertz CT molecular complexity index is 381. The van der Waals surface area contributed by atoms with E-state index in [0.29, 0.717) is 12.1 Å². The lowest BCUT2D eigenvalue weighted by atomic mass is 10.1. The largest absolute Gasteiger partial charge is 0.396 e. The number of aryl methyl sites for hydroxylation is 1. The van der Waals surface area contributed by atoms with Crippen LogP contribution in [0.25, 0.3) is 0 Å².